The number of aliphatic hydroxyl groups is 1. The Bertz CT molecular complexity index is 662. The van der Waals surface area contributed by atoms with Crippen LogP contribution >= 0.6 is 11.3 Å². The summed E-state index contributed by atoms with van der Waals surface area (Å²) in [6.45, 7) is 1.94. The van der Waals surface area contributed by atoms with Crippen molar-refractivity contribution >= 4 is 21.4 Å². The first-order valence-corrected chi connectivity index (χ1v) is 8.06. The van der Waals surface area contributed by atoms with Crippen LogP contribution in [0.15, 0.2) is 40.6 Å². The van der Waals surface area contributed by atoms with Gasteiger partial charge in [0.15, 0.2) is 0 Å². The third kappa shape index (κ3) is 3.42. The van der Waals surface area contributed by atoms with Crippen molar-refractivity contribution in [1.82, 2.24) is 4.72 Å². The average Bonchev–Trinajstić information content (AvgIpc) is 2.84. The number of thiophene rings is 1. The molecule has 0 atom stereocenters. The van der Waals surface area contributed by atoms with Gasteiger partial charge in [0.05, 0.1) is 6.61 Å². The fraction of sp³-hybridized carbons (Fsp3) is 0.231. The van der Waals surface area contributed by atoms with Crippen molar-refractivity contribution in [2.45, 2.75) is 24.3 Å². The van der Waals surface area contributed by atoms with E-state index in [0.29, 0.717) is 4.21 Å². The first kappa shape index (κ1) is 14.2. The molecule has 2 rings (SSSR count). The number of nitrogens with one attached hydrogen (secondary N) is 1. The van der Waals surface area contributed by atoms with Crippen LogP contribution in [0.3, 0.4) is 0 Å². The Kier molecular flexibility index (Phi) is 4.36. The van der Waals surface area contributed by atoms with Gasteiger partial charge < -0.3 is 5.11 Å². The van der Waals surface area contributed by atoms with Gasteiger partial charge >= 0.3 is 0 Å². The third-order valence-electron chi connectivity index (χ3n) is 2.72. The van der Waals surface area contributed by atoms with Crippen molar-refractivity contribution in [3.8, 4) is 0 Å². The molecule has 0 saturated carbocycles. The van der Waals surface area contributed by atoms with E-state index in [1.807, 2.05) is 19.1 Å². The summed E-state index contributed by atoms with van der Waals surface area (Å²) >= 11 is 1.24. The summed E-state index contributed by atoms with van der Waals surface area (Å²) < 4.78 is 27.0. The summed E-state index contributed by atoms with van der Waals surface area (Å²) in [4.78, 5) is 0.955. The Labute approximate surface area is 116 Å². The zero-order chi connectivity index (χ0) is 13.9. The van der Waals surface area contributed by atoms with Crippen molar-refractivity contribution in [3.63, 3.8) is 0 Å². The molecular weight excluding hydrogens is 282 g/mol. The fourth-order valence-corrected chi connectivity index (χ4v) is 4.02. The van der Waals surface area contributed by atoms with Crippen molar-refractivity contribution < 1.29 is 13.5 Å². The number of hydrogen-bond acceptors (Lipinski definition) is 4. The lowest BCUT2D eigenvalue weighted by Gasteiger charge is -2.08. The Balaban J connectivity index is 2.14. The summed E-state index contributed by atoms with van der Waals surface area (Å²) in [7, 11) is -3.48. The summed E-state index contributed by atoms with van der Waals surface area (Å²) in [6, 6.07) is 10.6. The highest BCUT2D eigenvalue weighted by Gasteiger charge is 2.16. The Morgan fingerprint density at radius 2 is 1.84 bits per heavy atom. The van der Waals surface area contributed by atoms with Gasteiger partial charge in [-0.3, -0.25) is 0 Å². The highest BCUT2D eigenvalue weighted by molar-refractivity contribution is 7.91. The quantitative estimate of drug-likeness (QED) is 0.887. The van der Waals surface area contributed by atoms with E-state index in [2.05, 4.69) is 4.72 Å². The summed E-state index contributed by atoms with van der Waals surface area (Å²) in [5.74, 6) is 0. The third-order valence-corrected chi connectivity index (χ3v) is 5.62. The minimum Gasteiger partial charge on any atom is -0.392 e. The van der Waals surface area contributed by atoms with Crippen LogP contribution in [0.1, 0.15) is 16.0 Å². The summed E-state index contributed by atoms with van der Waals surface area (Å²) in [5.41, 5.74) is 1.51. The molecule has 1 heterocycles. The van der Waals surface area contributed by atoms with Crippen LogP contribution in [0.2, 0.25) is 0 Å². The maximum absolute atomic E-state index is 12.1. The molecule has 0 unspecified atom stereocenters. The van der Waals surface area contributed by atoms with E-state index in [1.54, 1.807) is 24.3 Å². The van der Waals surface area contributed by atoms with Gasteiger partial charge in [-0.1, -0.05) is 24.3 Å². The van der Waals surface area contributed by atoms with Crippen LogP contribution in [0, 0.1) is 6.92 Å². The summed E-state index contributed by atoms with van der Waals surface area (Å²) in [5, 5.41) is 9.19. The standard InChI is InChI=1S/C13H15NO3S2/c1-10-6-7-13(18-10)19(16,17)14-8-11-4-2-3-5-12(11)9-15/h2-7,14-15H,8-9H2,1H3. The first-order valence-electron chi connectivity index (χ1n) is 5.76. The van der Waals surface area contributed by atoms with E-state index in [0.717, 1.165) is 16.0 Å². The lowest BCUT2D eigenvalue weighted by Crippen LogP contribution is -2.23. The van der Waals surface area contributed by atoms with Crippen LogP contribution in [0.25, 0.3) is 0 Å². The number of benzene rings is 1. The SMILES string of the molecule is Cc1ccc(S(=O)(=O)NCc2ccccc2CO)s1. The smallest absolute Gasteiger partial charge is 0.250 e. The number of hydrogen-bond donors (Lipinski definition) is 2. The molecule has 0 aliphatic rings. The molecule has 0 radical (unpaired) electrons. The second-order valence-electron chi connectivity index (χ2n) is 4.12. The number of sulfonamides is 1. The molecule has 0 aliphatic carbocycles. The predicted molar refractivity (Wildman–Crippen MR) is 75.4 cm³/mol. The Hall–Kier alpha value is -1.21. The molecule has 19 heavy (non-hydrogen) atoms. The Morgan fingerprint density at radius 1 is 1.16 bits per heavy atom. The number of aryl methyl sites for hydroxylation is 1. The van der Waals surface area contributed by atoms with Gasteiger partial charge in [-0.15, -0.1) is 11.3 Å². The van der Waals surface area contributed by atoms with Gasteiger partial charge in [-0.05, 0) is 30.2 Å². The Morgan fingerprint density at radius 3 is 2.42 bits per heavy atom. The molecule has 0 saturated heterocycles. The van der Waals surface area contributed by atoms with Gasteiger partial charge in [-0.2, -0.15) is 0 Å². The second kappa shape index (κ2) is 5.83. The lowest BCUT2D eigenvalue weighted by molar-refractivity contribution is 0.280. The van der Waals surface area contributed by atoms with E-state index in [1.165, 1.54) is 11.3 Å². The normalized spacial score (nSPS) is 11.7. The van der Waals surface area contributed by atoms with Crippen LogP contribution in [0.4, 0.5) is 0 Å². The van der Waals surface area contributed by atoms with Gasteiger partial charge in [0.1, 0.15) is 4.21 Å². The zero-order valence-corrected chi connectivity index (χ0v) is 12.1. The van der Waals surface area contributed by atoms with Crippen molar-refractivity contribution in [2.75, 3.05) is 0 Å². The highest BCUT2D eigenvalue weighted by atomic mass is 32.2. The maximum atomic E-state index is 12.1. The molecule has 0 aliphatic heterocycles. The van der Waals surface area contributed by atoms with E-state index < -0.39 is 10.0 Å². The van der Waals surface area contributed by atoms with Gasteiger partial charge in [-0.25, -0.2) is 13.1 Å². The van der Waals surface area contributed by atoms with Gasteiger partial charge in [0.2, 0.25) is 10.0 Å². The molecule has 1 aromatic heterocycles. The van der Waals surface area contributed by atoms with Crippen LogP contribution in [-0.2, 0) is 23.2 Å². The molecule has 0 amide bonds. The van der Waals surface area contributed by atoms with Crippen LogP contribution in [-0.4, -0.2) is 13.5 Å². The molecule has 0 fully saturated rings. The minimum absolute atomic E-state index is 0.101. The predicted octanol–water partition coefficient (Wildman–Crippen LogP) is 2.03. The molecule has 0 spiro atoms. The largest absolute Gasteiger partial charge is 0.392 e. The van der Waals surface area contributed by atoms with E-state index in [-0.39, 0.29) is 13.2 Å². The van der Waals surface area contributed by atoms with Crippen LogP contribution in [0.5, 0.6) is 0 Å². The molecule has 6 heteroatoms. The monoisotopic (exact) mass is 297 g/mol. The van der Waals surface area contributed by atoms with Crippen molar-refractivity contribution in [1.29, 1.82) is 0 Å². The second-order valence-corrected chi connectivity index (χ2v) is 7.40. The first-order chi connectivity index (χ1) is 9.03. The highest BCUT2D eigenvalue weighted by Crippen LogP contribution is 2.20. The van der Waals surface area contributed by atoms with E-state index in [4.69, 9.17) is 0 Å². The van der Waals surface area contributed by atoms with Crippen molar-refractivity contribution in [2.24, 2.45) is 0 Å². The molecule has 0 bridgehead atoms. The minimum atomic E-state index is -3.48. The molecule has 1 aromatic carbocycles. The fourth-order valence-electron chi connectivity index (χ4n) is 1.68. The zero-order valence-electron chi connectivity index (χ0n) is 10.5. The number of rotatable bonds is 5. The lowest BCUT2D eigenvalue weighted by atomic mass is 10.1. The van der Waals surface area contributed by atoms with E-state index in [9.17, 15) is 13.5 Å². The average molecular weight is 297 g/mol. The van der Waals surface area contributed by atoms with Crippen LogP contribution < -0.4 is 4.72 Å². The molecule has 2 N–H and O–H groups in total. The molecule has 4 nitrogen and oxygen atoms in total. The van der Waals surface area contributed by atoms with Crippen molar-refractivity contribution in [3.05, 3.63) is 52.4 Å². The molecule has 2 aromatic rings. The topological polar surface area (TPSA) is 66.4 Å². The summed E-state index contributed by atoms with van der Waals surface area (Å²) in [6.07, 6.45) is 0. The van der Waals surface area contributed by atoms with Gasteiger partial charge in [0.25, 0.3) is 0 Å². The van der Waals surface area contributed by atoms with Gasteiger partial charge in [0, 0.05) is 11.4 Å². The molecule has 102 valence electrons. The number of aliphatic hydroxyl groups excluding tert-OH is 1. The maximum Gasteiger partial charge on any atom is 0.250 e. The van der Waals surface area contributed by atoms with E-state index >= 15 is 0 Å². The molecular formula is C13H15NO3S2.